The number of carbonyl (C=O) groups is 3. The lowest BCUT2D eigenvalue weighted by molar-refractivity contribution is -0.314. The highest BCUT2D eigenvalue weighted by molar-refractivity contribution is 5.99. The molecule has 19 atom stereocenters. The second-order valence-electron chi connectivity index (χ2n) is 19.8. The summed E-state index contributed by atoms with van der Waals surface area (Å²) in [5.41, 5.74) is 2.24. The number of cyclic esters (lactones) is 1. The molecule has 2 saturated carbocycles. The van der Waals surface area contributed by atoms with Crippen molar-refractivity contribution < 1.29 is 57.0 Å². The average Bonchev–Trinajstić information content (AvgIpc) is 3.68. The van der Waals surface area contributed by atoms with Gasteiger partial charge in [-0.1, -0.05) is 19.9 Å². The van der Waals surface area contributed by atoms with E-state index in [2.05, 4.69) is 43.8 Å². The first-order valence-electron chi connectivity index (χ1n) is 24.2. The van der Waals surface area contributed by atoms with Crippen molar-refractivity contribution in [3.05, 3.63) is 41.5 Å². The van der Waals surface area contributed by atoms with Gasteiger partial charge >= 0.3 is 11.9 Å². The molecule has 14 nitrogen and oxygen atoms in total. The van der Waals surface area contributed by atoms with Crippen LogP contribution in [0.3, 0.4) is 0 Å². The summed E-state index contributed by atoms with van der Waals surface area (Å²) < 4.78 is 55.9. The van der Waals surface area contributed by atoms with Crippen LogP contribution in [0.25, 0.3) is 0 Å². The molecule has 8 rings (SSSR count). The summed E-state index contributed by atoms with van der Waals surface area (Å²) in [4.78, 5) is 46.7. The maximum atomic E-state index is 15.2. The normalized spacial score (nSPS) is 42.3. The van der Waals surface area contributed by atoms with E-state index in [1.54, 1.807) is 28.3 Å². The SMILES string of the molecule is CCOC(=O)c1ccc(N2C3[C@@H]4C[C@@H](O[C@@H]5OC(C)[C@H](OC)C(OC)[C@@H]5OC)C[C@H]4[C@@H]4C=C5C(=O)[C@H](C)[C@@H](O[C@H]6CC[C@H](N(C)C)C(C)O6)CCC[C@H](CC)OC(=O)C[C@H]5[C@@H]4[C@H]32)cc1. The third kappa shape index (κ3) is 9.20. The summed E-state index contributed by atoms with van der Waals surface area (Å²) in [7, 11) is 9.13. The highest BCUT2D eigenvalue weighted by atomic mass is 16.7. The summed E-state index contributed by atoms with van der Waals surface area (Å²) in [6, 6.07) is 8.19. The number of carbonyl (C=O) groups excluding carboxylic acids is 3. The fourth-order valence-electron chi connectivity index (χ4n) is 13.0. The molecule has 4 saturated heterocycles. The smallest absolute Gasteiger partial charge is 0.338 e. The fourth-order valence-corrected chi connectivity index (χ4v) is 13.0. The van der Waals surface area contributed by atoms with Crippen LogP contribution in [-0.2, 0) is 52.2 Å². The first kappa shape index (κ1) is 47.5. The summed E-state index contributed by atoms with van der Waals surface area (Å²) in [6.07, 6.45) is 5.28. The molecule has 4 aliphatic heterocycles. The summed E-state index contributed by atoms with van der Waals surface area (Å²) >= 11 is 0. The summed E-state index contributed by atoms with van der Waals surface area (Å²) in [5, 5.41) is 0. The van der Waals surface area contributed by atoms with Gasteiger partial charge in [-0.25, -0.2) is 4.79 Å². The molecule has 356 valence electrons. The van der Waals surface area contributed by atoms with E-state index >= 15 is 4.79 Å². The molecule has 0 N–H and O–H groups in total. The van der Waals surface area contributed by atoms with Crippen LogP contribution in [0, 0.1) is 35.5 Å². The number of Topliss-reactive ketones (excluding diaryl/α,β-unsaturated/α-hetero) is 1. The van der Waals surface area contributed by atoms with Crippen molar-refractivity contribution in [2.45, 2.75) is 172 Å². The molecule has 14 heteroatoms. The van der Waals surface area contributed by atoms with E-state index in [0.717, 1.165) is 49.8 Å². The third-order valence-corrected chi connectivity index (χ3v) is 16.1. The Morgan fingerprint density at radius 1 is 0.828 bits per heavy atom. The van der Waals surface area contributed by atoms with Crippen LogP contribution < -0.4 is 4.90 Å². The van der Waals surface area contributed by atoms with Gasteiger partial charge in [0.15, 0.2) is 18.4 Å². The molecular weight excluding hydrogens is 821 g/mol. The van der Waals surface area contributed by atoms with E-state index < -0.39 is 24.6 Å². The van der Waals surface area contributed by atoms with E-state index in [4.69, 9.17) is 42.6 Å². The molecule has 1 aromatic carbocycles. The topological polar surface area (TPSA) is 141 Å². The Hall–Kier alpha value is -2.95. The number of esters is 2. The molecule has 0 spiro atoms. The molecule has 0 radical (unpaired) electrons. The van der Waals surface area contributed by atoms with Gasteiger partial charge in [0.2, 0.25) is 0 Å². The minimum Gasteiger partial charge on any atom is -0.462 e. The van der Waals surface area contributed by atoms with Crippen molar-refractivity contribution in [1.82, 2.24) is 4.90 Å². The fraction of sp³-hybridized carbons (Fsp3) is 0.780. The van der Waals surface area contributed by atoms with E-state index in [1.165, 1.54) is 0 Å². The molecule has 0 bridgehead atoms. The number of rotatable bonds is 12. The van der Waals surface area contributed by atoms with Gasteiger partial charge in [-0.3, -0.25) is 9.59 Å². The molecule has 0 amide bonds. The second-order valence-corrected chi connectivity index (χ2v) is 19.8. The van der Waals surface area contributed by atoms with Crippen LogP contribution >= 0.6 is 0 Å². The number of hydrogen-bond donors (Lipinski definition) is 0. The van der Waals surface area contributed by atoms with Crippen molar-refractivity contribution in [2.24, 2.45) is 35.5 Å². The predicted molar refractivity (Wildman–Crippen MR) is 238 cm³/mol. The van der Waals surface area contributed by atoms with Gasteiger partial charge in [-0.2, -0.15) is 0 Å². The number of ether oxygens (including phenoxy) is 9. The number of methoxy groups -OCH3 is 3. The third-order valence-electron chi connectivity index (χ3n) is 16.1. The van der Waals surface area contributed by atoms with Crippen LogP contribution in [0.4, 0.5) is 5.69 Å². The molecule has 0 aromatic heterocycles. The quantitative estimate of drug-likeness (QED) is 0.170. The zero-order valence-corrected chi connectivity index (χ0v) is 39.7. The van der Waals surface area contributed by atoms with Crippen LogP contribution in [0.1, 0.15) is 103 Å². The predicted octanol–water partition coefficient (Wildman–Crippen LogP) is 6.37. The molecule has 6 fully saturated rings. The van der Waals surface area contributed by atoms with E-state index in [0.29, 0.717) is 31.1 Å². The number of allylic oxidation sites excluding steroid dienone is 2. The maximum Gasteiger partial charge on any atom is 0.338 e. The van der Waals surface area contributed by atoms with Crippen LogP contribution in [0.2, 0.25) is 0 Å². The highest BCUT2D eigenvalue weighted by Crippen LogP contribution is 2.65. The molecule has 64 heavy (non-hydrogen) atoms. The van der Waals surface area contributed by atoms with Crippen molar-refractivity contribution in [3.8, 4) is 0 Å². The zero-order chi connectivity index (χ0) is 45.6. The van der Waals surface area contributed by atoms with Crippen molar-refractivity contribution in [1.29, 1.82) is 0 Å². The standard InChI is InChI=1S/C50H74N2O12/c1-11-31-14-13-15-39(64-41-21-20-38(51(6)7)27(4)60-41)26(3)45(54)37-24-34-33-22-32(63-50-48(58-10)47(57-9)46(56-8)28(5)61-50)23-36(33)43-44(42(34)35(37)25-40(53)62-31)52(43)30-18-16-29(17-19-30)49(55)59-12-2/h16-19,24,26-28,31-36,38-39,41-44,46-48,50H,11-15,20-23,25H2,1-10H3/t26-,27?,28?,31+,32+,33+,34+,35-,36-,38+,39+,41+,42-,43?,44-,46+,47?,48+,50+,52?/m1/s1. The molecule has 4 unspecified atom stereocenters. The van der Waals surface area contributed by atoms with Crippen LogP contribution in [0.5, 0.6) is 0 Å². The van der Waals surface area contributed by atoms with E-state index in [1.807, 2.05) is 38.1 Å². The number of nitrogens with zero attached hydrogens (tertiary/aromatic N) is 2. The summed E-state index contributed by atoms with van der Waals surface area (Å²) in [6.45, 7) is 10.3. The van der Waals surface area contributed by atoms with Gasteiger partial charge in [0.25, 0.3) is 0 Å². The number of ketones is 1. The van der Waals surface area contributed by atoms with Gasteiger partial charge in [-0.05, 0) is 140 Å². The second kappa shape index (κ2) is 20.1. The van der Waals surface area contributed by atoms with Crippen molar-refractivity contribution in [2.75, 3.05) is 46.9 Å². The number of hydrogen-bond acceptors (Lipinski definition) is 14. The van der Waals surface area contributed by atoms with Crippen LogP contribution in [-0.4, -0.2) is 144 Å². The van der Waals surface area contributed by atoms with Gasteiger partial charge in [0.05, 0.1) is 55.1 Å². The lowest BCUT2D eigenvalue weighted by atomic mass is 9.66. The Morgan fingerprint density at radius 3 is 2.20 bits per heavy atom. The molecule has 1 aromatic rings. The number of fused-ring (bicyclic) bond motifs is 8. The Morgan fingerprint density at radius 2 is 1.55 bits per heavy atom. The van der Waals surface area contributed by atoms with E-state index in [9.17, 15) is 9.59 Å². The monoisotopic (exact) mass is 895 g/mol. The number of anilines is 1. The number of likely N-dealkylation sites (N-methyl/N-ethyl adjacent to an activating group) is 1. The summed E-state index contributed by atoms with van der Waals surface area (Å²) in [5.74, 6) is -0.884. The number of benzene rings is 1. The highest BCUT2D eigenvalue weighted by Gasteiger charge is 2.69. The van der Waals surface area contributed by atoms with Crippen molar-refractivity contribution >= 4 is 23.4 Å². The molecule has 4 heterocycles. The minimum atomic E-state index is -0.665. The first-order valence-corrected chi connectivity index (χ1v) is 24.2. The Balaban J connectivity index is 1.11. The van der Waals surface area contributed by atoms with Gasteiger partial charge in [0, 0.05) is 44.9 Å². The Kier molecular flexibility index (Phi) is 14.9. The van der Waals surface area contributed by atoms with Gasteiger partial charge in [-0.15, -0.1) is 0 Å². The maximum absolute atomic E-state index is 15.2. The Labute approximate surface area is 380 Å². The van der Waals surface area contributed by atoms with Gasteiger partial charge < -0.3 is 52.4 Å². The minimum absolute atomic E-state index is 0.0000328. The van der Waals surface area contributed by atoms with Crippen LogP contribution in [0.15, 0.2) is 35.9 Å². The average molecular weight is 895 g/mol. The Bertz CT molecular complexity index is 1830. The largest absolute Gasteiger partial charge is 0.462 e. The molecule has 7 aliphatic rings. The van der Waals surface area contributed by atoms with Gasteiger partial charge in [0.1, 0.15) is 24.4 Å². The lowest BCUT2D eigenvalue weighted by Gasteiger charge is -2.44. The molecular formula is C50H74N2O12. The lowest BCUT2D eigenvalue weighted by Crippen LogP contribution is -2.59. The zero-order valence-electron chi connectivity index (χ0n) is 39.7. The van der Waals surface area contributed by atoms with Crippen molar-refractivity contribution in [3.63, 3.8) is 0 Å². The van der Waals surface area contributed by atoms with E-state index in [-0.39, 0.29) is 109 Å². The molecule has 3 aliphatic carbocycles. The first-order chi connectivity index (χ1) is 30.8.